The lowest BCUT2D eigenvalue weighted by molar-refractivity contribution is -0.161. The molecule has 494 valence electrons. The molecule has 0 amide bonds. The number of unbranched alkanes of at least 4 members (excludes halogenated alkanes) is 41. The molecule has 0 aliphatic rings. The number of hydrogen-bond donors (Lipinski definition) is 2. The van der Waals surface area contributed by atoms with E-state index in [1.807, 2.05) is 0 Å². The standard InChI is InChI=1S/C75H136NO8P/c1-3-5-7-9-11-13-15-17-19-21-23-25-27-29-30-31-32-33-34-35-36-37-38-39-40-41-42-44-46-48-50-52-54-56-58-60-62-64-66-68-75(78)84-73(72-83-85(79,80)82-70-69-76)71-81-74(77)67-65-63-61-59-57-55-53-51-49-47-45-43-28-26-24-22-20-18-16-14-12-10-8-6-4-2/h5,7,11,13,17,19,22-25,29-30,32-33,73H,3-4,6,8-10,12,14-16,18,20-21,26-28,31,34-72,76H2,1-2H3,(H,79,80)/b7-5-,13-11-,19-17-,24-22-,25-23-,30-29-,33-32-. The van der Waals surface area contributed by atoms with Crippen LogP contribution < -0.4 is 5.73 Å². The molecule has 0 aliphatic heterocycles. The Morgan fingerprint density at radius 1 is 0.365 bits per heavy atom. The fourth-order valence-corrected chi connectivity index (χ4v) is 11.2. The third kappa shape index (κ3) is 70.2. The van der Waals surface area contributed by atoms with E-state index in [4.69, 9.17) is 24.3 Å². The van der Waals surface area contributed by atoms with Gasteiger partial charge in [-0.25, -0.2) is 4.57 Å². The lowest BCUT2D eigenvalue weighted by Gasteiger charge is -2.19. The maximum atomic E-state index is 12.8. The molecule has 9 nitrogen and oxygen atoms in total. The molecule has 0 aromatic rings. The Bertz CT molecular complexity index is 1670. The summed E-state index contributed by atoms with van der Waals surface area (Å²) in [5.74, 6) is -0.812. The maximum Gasteiger partial charge on any atom is 0.472 e. The van der Waals surface area contributed by atoms with Gasteiger partial charge in [0.25, 0.3) is 0 Å². The van der Waals surface area contributed by atoms with E-state index in [9.17, 15) is 19.0 Å². The molecule has 3 N–H and O–H groups in total. The summed E-state index contributed by atoms with van der Waals surface area (Å²) in [6.45, 7) is 3.68. The molecule has 2 atom stereocenters. The summed E-state index contributed by atoms with van der Waals surface area (Å²) in [7, 11) is -4.39. The van der Waals surface area contributed by atoms with Gasteiger partial charge in [0.2, 0.25) is 0 Å². The zero-order chi connectivity index (χ0) is 61.6. The van der Waals surface area contributed by atoms with Crippen LogP contribution in [0.15, 0.2) is 85.1 Å². The van der Waals surface area contributed by atoms with Crippen LogP contribution in [0.3, 0.4) is 0 Å². The molecule has 10 heteroatoms. The highest BCUT2D eigenvalue weighted by atomic mass is 31.2. The molecular formula is C75H136NO8P. The normalized spacial score (nSPS) is 13.4. The zero-order valence-corrected chi connectivity index (χ0v) is 56.5. The van der Waals surface area contributed by atoms with Gasteiger partial charge in [-0.1, -0.05) is 330 Å². The van der Waals surface area contributed by atoms with Crippen LogP contribution in [0.2, 0.25) is 0 Å². The Kier molecular flexibility index (Phi) is 68.0. The molecule has 0 fully saturated rings. The van der Waals surface area contributed by atoms with Crippen molar-refractivity contribution in [2.75, 3.05) is 26.4 Å². The van der Waals surface area contributed by atoms with Crippen LogP contribution >= 0.6 is 7.82 Å². The summed E-state index contributed by atoms with van der Waals surface area (Å²) in [6, 6.07) is 0. The Labute approximate surface area is 525 Å². The van der Waals surface area contributed by atoms with E-state index in [0.29, 0.717) is 6.42 Å². The van der Waals surface area contributed by atoms with Crippen LogP contribution in [-0.2, 0) is 32.7 Å². The minimum atomic E-state index is -4.39. The monoisotopic (exact) mass is 1210 g/mol. The van der Waals surface area contributed by atoms with Crippen LogP contribution in [0.4, 0.5) is 0 Å². The minimum absolute atomic E-state index is 0.0535. The van der Waals surface area contributed by atoms with Gasteiger partial charge in [-0.15, -0.1) is 0 Å². The molecule has 0 spiro atoms. The summed E-state index contributed by atoms with van der Waals surface area (Å²) in [5, 5.41) is 0. The van der Waals surface area contributed by atoms with Crippen molar-refractivity contribution in [2.45, 2.75) is 354 Å². The predicted octanol–water partition coefficient (Wildman–Crippen LogP) is 23.8. The van der Waals surface area contributed by atoms with E-state index in [-0.39, 0.29) is 38.6 Å². The first kappa shape index (κ1) is 82.2. The average Bonchev–Trinajstić information content (AvgIpc) is 3.53. The molecule has 2 unspecified atom stereocenters. The fourth-order valence-electron chi connectivity index (χ4n) is 10.5. The first-order valence-electron chi connectivity index (χ1n) is 36.1. The number of phosphoric acid groups is 1. The molecule has 0 aromatic heterocycles. The fraction of sp³-hybridized carbons (Fsp3) is 0.787. The molecule has 0 aliphatic carbocycles. The largest absolute Gasteiger partial charge is 0.472 e. The number of rotatable bonds is 68. The van der Waals surface area contributed by atoms with Gasteiger partial charge >= 0.3 is 19.8 Å². The van der Waals surface area contributed by atoms with Gasteiger partial charge in [0.15, 0.2) is 6.10 Å². The van der Waals surface area contributed by atoms with E-state index < -0.39 is 26.5 Å². The number of ether oxygens (including phenoxy) is 2. The molecule has 0 bridgehead atoms. The Morgan fingerprint density at radius 3 is 0.976 bits per heavy atom. The maximum absolute atomic E-state index is 12.8. The first-order chi connectivity index (χ1) is 41.8. The van der Waals surface area contributed by atoms with Crippen molar-refractivity contribution >= 4 is 19.8 Å². The smallest absolute Gasteiger partial charge is 0.462 e. The molecule has 0 rings (SSSR count). The molecule has 0 radical (unpaired) electrons. The van der Waals surface area contributed by atoms with Crippen molar-refractivity contribution in [1.29, 1.82) is 0 Å². The number of phosphoric ester groups is 1. The molecular weight excluding hydrogens is 1070 g/mol. The highest BCUT2D eigenvalue weighted by Crippen LogP contribution is 2.43. The van der Waals surface area contributed by atoms with Crippen LogP contribution in [0, 0.1) is 0 Å². The van der Waals surface area contributed by atoms with Crippen LogP contribution in [-0.4, -0.2) is 49.3 Å². The summed E-state index contributed by atoms with van der Waals surface area (Å²) in [4.78, 5) is 35.4. The van der Waals surface area contributed by atoms with Crippen molar-refractivity contribution in [1.82, 2.24) is 0 Å². The van der Waals surface area contributed by atoms with E-state index in [1.54, 1.807) is 0 Å². The highest BCUT2D eigenvalue weighted by molar-refractivity contribution is 7.47. The number of hydrogen-bond acceptors (Lipinski definition) is 8. The van der Waals surface area contributed by atoms with Crippen LogP contribution in [0.25, 0.3) is 0 Å². The number of carbonyl (C=O) groups is 2. The van der Waals surface area contributed by atoms with Gasteiger partial charge in [0.1, 0.15) is 6.61 Å². The number of carbonyl (C=O) groups excluding carboxylic acids is 2. The summed E-state index contributed by atoms with van der Waals surface area (Å²) >= 11 is 0. The van der Waals surface area contributed by atoms with Gasteiger partial charge in [-0.05, 0) is 89.9 Å². The topological polar surface area (TPSA) is 134 Å². The van der Waals surface area contributed by atoms with Gasteiger partial charge in [0.05, 0.1) is 13.2 Å². The zero-order valence-electron chi connectivity index (χ0n) is 55.6. The molecule has 0 aromatic carbocycles. The van der Waals surface area contributed by atoms with Crippen LogP contribution in [0.5, 0.6) is 0 Å². The second-order valence-corrected chi connectivity index (χ2v) is 25.5. The number of esters is 2. The Hall–Kier alpha value is -2.81. The summed E-state index contributed by atoms with van der Waals surface area (Å²) in [5.41, 5.74) is 5.40. The van der Waals surface area contributed by atoms with E-state index in [2.05, 4.69) is 98.9 Å². The number of allylic oxidation sites excluding steroid dienone is 14. The quantitative estimate of drug-likeness (QED) is 0.0264. The summed E-state index contributed by atoms with van der Waals surface area (Å²) in [6.07, 6.45) is 94.0. The lowest BCUT2D eigenvalue weighted by atomic mass is 10.0. The average molecular weight is 1210 g/mol. The van der Waals surface area contributed by atoms with Crippen LogP contribution in [0.1, 0.15) is 348 Å². The SMILES string of the molecule is CC/C=C\C/C=C\C/C=C\C/C=C\C/C=C\C/C=C\CCCCCCCCCCCCCCCCCCCCCCC(=O)OC(COC(=O)CCCCCCCCCCCCCCC/C=C\CCCCCCCCCC)COP(=O)(O)OCCN. The first-order valence-corrected chi connectivity index (χ1v) is 37.6. The summed E-state index contributed by atoms with van der Waals surface area (Å²) < 4.78 is 33.2. The second-order valence-electron chi connectivity index (χ2n) is 24.1. The van der Waals surface area contributed by atoms with E-state index in [0.717, 1.165) is 70.6 Å². The third-order valence-electron chi connectivity index (χ3n) is 15.8. The third-order valence-corrected chi connectivity index (χ3v) is 16.7. The number of nitrogens with two attached hydrogens (primary N) is 1. The van der Waals surface area contributed by atoms with E-state index in [1.165, 1.54) is 244 Å². The molecule has 85 heavy (non-hydrogen) atoms. The lowest BCUT2D eigenvalue weighted by Crippen LogP contribution is -2.29. The Balaban J connectivity index is 3.82. The molecule has 0 heterocycles. The van der Waals surface area contributed by atoms with Gasteiger partial charge in [-0.2, -0.15) is 0 Å². The predicted molar refractivity (Wildman–Crippen MR) is 367 cm³/mol. The van der Waals surface area contributed by atoms with Crippen molar-refractivity contribution in [3.63, 3.8) is 0 Å². The molecule has 0 saturated carbocycles. The van der Waals surface area contributed by atoms with E-state index >= 15 is 0 Å². The van der Waals surface area contributed by atoms with Gasteiger partial charge in [-0.3, -0.25) is 18.6 Å². The molecule has 0 saturated heterocycles. The van der Waals surface area contributed by atoms with Gasteiger partial charge < -0.3 is 20.1 Å². The van der Waals surface area contributed by atoms with Crippen molar-refractivity contribution in [3.05, 3.63) is 85.1 Å². The van der Waals surface area contributed by atoms with Crippen molar-refractivity contribution < 1.29 is 37.6 Å². The second kappa shape index (κ2) is 70.3. The highest BCUT2D eigenvalue weighted by Gasteiger charge is 2.26. The van der Waals surface area contributed by atoms with Crippen molar-refractivity contribution in [2.24, 2.45) is 5.73 Å². The van der Waals surface area contributed by atoms with Crippen molar-refractivity contribution in [3.8, 4) is 0 Å². The van der Waals surface area contributed by atoms with Gasteiger partial charge in [0, 0.05) is 19.4 Å². The minimum Gasteiger partial charge on any atom is -0.462 e. The Morgan fingerprint density at radius 2 is 0.647 bits per heavy atom.